The number of rotatable bonds is 1. The van der Waals surface area contributed by atoms with Gasteiger partial charge in [0.15, 0.2) is 0 Å². The molecule has 0 radical (unpaired) electrons. The van der Waals surface area contributed by atoms with Crippen molar-refractivity contribution in [2.45, 2.75) is 6.42 Å². The van der Waals surface area contributed by atoms with Crippen molar-refractivity contribution in [3.8, 4) is 0 Å². The molecule has 1 heterocycles. The Morgan fingerprint density at radius 1 is 1.67 bits per heavy atom. The first-order chi connectivity index (χ1) is 5.79. The molecule has 0 saturated carbocycles. The van der Waals surface area contributed by atoms with E-state index in [1.807, 2.05) is 18.2 Å². The Bertz CT molecular complexity index is 268. The number of hydrogen-bond donors (Lipinski definition) is 2. The summed E-state index contributed by atoms with van der Waals surface area (Å²) in [5.74, 6) is 0.0337. The molecule has 1 amide bonds. The lowest BCUT2D eigenvalue weighted by Crippen LogP contribution is -2.39. The lowest BCUT2D eigenvalue weighted by Gasteiger charge is -2.28. The van der Waals surface area contributed by atoms with Crippen LogP contribution in [0.4, 0.5) is 0 Å². The third-order valence-electron chi connectivity index (χ3n) is 2.54. The Balaban J connectivity index is 2.21. The summed E-state index contributed by atoms with van der Waals surface area (Å²) in [7, 11) is 0. The number of fused-ring (bicyclic) bond motifs is 1. The van der Waals surface area contributed by atoms with Gasteiger partial charge in [0.25, 0.3) is 0 Å². The van der Waals surface area contributed by atoms with E-state index < -0.39 is 0 Å². The molecule has 0 spiro atoms. The van der Waals surface area contributed by atoms with Crippen molar-refractivity contribution in [1.82, 2.24) is 5.32 Å². The Labute approximate surface area is 71.3 Å². The monoisotopic (exact) mass is 164 g/mol. The summed E-state index contributed by atoms with van der Waals surface area (Å²) in [5, 5.41) is 3.26. The normalized spacial score (nSPS) is 32.2. The van der Waals surface area contributed by atoms with Gasteiger partial charge in [-0.05, 0) is 12.5 Å². The van der Waals surface area contributed by atoms with Crippen LogP contribution in [-0.2, 0) is 4.79 Å². The second-order valence-electron chi connectivity index (χ2n) is 3.26. The minimum Gasteiger partial charge on any atom is -0.388 e. The second kappa shape index (κ2) is 2.66. The number of carbonyl (C=O) groups excluding carboxylic acids is 1. The molecule has 2 atom stereocenters. The van der Waals surface area contributed by atoms with Crippen molar-refractivity contribution in [3.63, 3.8) is 0 Å². The number of nitrogens with two attached hydrogens (primary N) is 1. The minimum atomic E-state index is -0.182. The number of amides is 1. The molecule has 64 valence electrons. The minimum absolute atomic E-state index is 0.00347. The summed E-state index contributed by atoms with van der Waals surface area (Å²) in [4.78, 5) is 11.0. The van der Waals surface area contributed by atoms with Gasteiger partial charge in [-0.25, -0.2) is 0 Å². The summed E-state index contributed by atoms with van der Waals surface area (Å²) in [6, 6.07) is 0. The summed E-state index contributed by atoms with van der Waals surface area (Å²) in [6.07, 6.45) is 6.88. The number of nitrogens with one attached hydrogen (secondary N) is 1. The molecule has 1 aliphatic heterocycles. The Morgan fingerprint density at radius 3 is 3.25 bits per heavy atom. The Morgan fingerprint density at radius 2 is 2.50 bits per heavy atom. The van der Waals surface area contributed by atoms with Crippen LogP contribution in [-0.4, -0.2) is 12.5 Å². The van der Waals surface area contributed by atoms with E-state index in [0.29, 0.717) is 0 Å². The quantitative estimate of drug-likeness (QED) is 0.579. The van der Waals surface area contributed by atoms with E-state index >= 15 is 0 Å². The molecule has 1 aliphatic carbocycles. The fourth-order valence-corrected chi connectivity index (χ4v) is 1.89. The van der Waals surface area contributed by atoms with Crippen molar-refractivity contribution in [3.05, 3.63) is 23.9 Å². The SMILES string of the molecule is NC(=O)C1CCNC2=CC=CC21. The van der Waals surface area contributed by atoms with E-state index in [1.54, 1.807) is 0 Å². The van der Waals surface area contributed by atoms with Crippen LogP contribution in [0.25, 0.3) is 0 Å². The van der Waals surface area contributed by atoms with Crippen LogP contribution < -0.4 is 11.1 Å². The third kappa shape index (κ3) is 1.02. The highest BCUT2D eigenvalue weighted by Gasteiger charge is 2.32. The van der Waals surface area contributed by atoms with Gasteiger partial charge in [-0.2, -0.15) is 0 Å². The van der Waals surface area contributed by atoms with Crippen molar-refractivity contribution in [1.29, 1.82) is 0 Å². The van der Waals surface area contributed by atoms with E-state index in [2.05, 4.69) is 5.32 Å². The van der Waals surface area contributed by atoms with Gasteiger partial charge in [-0.15, -0.1) is 0 Å². The molecular formula is C9H12N2O. The van der Waals surface area contributed by atoms with Crippen LogP contribution >= 0.6 is 0 Å². The van der Waals surface area contributed by atoms with Crippen molar-refractivity contribution >= 4 is 5.91 Å². The number of piperidine rings is 1. The molecular weight excluding hydrogens is 152 g/mol. The predicted molar refractivity (Wildman–Crippen MR) is 46.0 cm³/mol. The summed E-state index contributed by atoms with van der Waals surface area (Å²) >= 11 is 0. The Kier molecular flexibility index (Phi) is 1.64. The third-order valence-corrected chi connectivity index (χ3v) is 2.54. The first-order valence-electron chi connectivity index (χ1n) is 4.20. The standard InChI is InChI=1S/C9H12N2O/c10-9(12)7-4-5-11-8-3-1-2-6(7)8/h1-3,6-7,11H,4-5H2,(H2,10,12). The van der Waals surface area contributed by atoms with E-state index in [0.717, 1.165) is 18.7 Å². The summed E-state index contributed by atoms with van der Waals surface area (Å²) in [5.41, 5.74) is 6.44. The number of carbonyl (C=O) groups is 1. The van der Waals surface area contributed by atoms with Gasteiger partial charge in [-0.3, -0.25) is 4.79 Å². The average Bonchev–Trinajstić information content (AvgIpc) is 2.49. The molecule has 12 heavy (non-hydrogen) atoms. The zero-order valence-electron chi connectivity index (χ0n) is 6.79. The van der Waals surface area contributed by atoms with Crippen LogP contribution in [0.15, 0.2) is 23.9 Å². The molecule has 2 rings (SSSR count). The zero-order chi connectivity index (χ0) is 8.55. The van der Waals surface area contributed by atoms with E-state index in [4.69, 9.17) is 5.73 Å². The zero-order valence-corrected chi connectivity index (χ0v) is 6.79. The topological polar surface area (TPSA) is 55.1 Å². The van der Waals surface area contributed by atoms with Gasteiger partial charge in [0.05, 0.1) is 5.92 Å². The highest BCUT2D eigenvalue weighted by molar-refractivity contribution is 5.78. The highest BCUT2D eigenvalue weighted by Crippen LogP contribution is 2.30. The van der Waals surface area contributed by atoms with E-state index in [1.165, 1.54) is 0 Å². The Hall–Kier alpha value is -1.25. The molecule has 2 unspecified atom stereocenters. The van der Waals surface area contributed by atoms with E-state index in [-0.39, 0.29) is 17.7 Å². The molecule has 2 aliphatic rings. The van der Waals surface area contributed by atoms with Gasteiger partial charge >= 0.3 is 0 Å². The molecule has 0 aromatic heterocycles. The smallest absolute Gasteiger partial charge is 0.221 e. The molecule has 3 nitrogen and oxygen atoms in total. The molecule has 3 heteroatoms. The molecule has 0 bridgehead atoms. The van der Waals surface area contributed by atoms with Gasteiger partial charge in [0.1, 0.15) is 0 Å². The van der Waals surface area contributed by atoms with Crippen LogP contribution in [0.5, 0.6) is 0 Å². The van der Waals surface area contributed by atoms with Gasteiger partial charge in [0, 0.05) is 18.2 Å². The molecule has 1 fully saturated rings. The van der Waals surface area contributed by atoms with Gasteiger partial charge in [0.2, 0.25) is 5.91 Å². The van der Waals surface area contributed by atoms with Crippen molar-refractivity contribution in [2.24, 2.45) is 17.6 Å². The van der Waals surface area contributed by atoms with Gasteiger partial charge in [-0.1, -0.05) is 12.2 Å². The van der Waals surface area contributed by atoms with Crippen LogP contribution in [0.3, 0.4) is 0 Å². The number of allylic oxidation sites excluding steroid dienone is 3. The maximum atomic E-state index is 11.0. The van der Waals surface area contributed by atoms with Crippen LogP contribution in [0, 0.1) is 11.8 Å². The summed E-state index contributed by atoms with van der Waals surface area (Å²) < 4.78 is 0. The molecule has 3 N–H and O–H groups in total. The summed E-state index contributed by atoms with van der Waals surface area (Å²) in [6.45, 7) is 0.859. The van der Waals surface area contributed by atoms with Crippen molar-refractivity contribution < 1.29 is 4.79 Å². The molecule has 1 saturated heterocycles. The maximum Gasteiger partial charge on any atom is 0.221 e. The maximum absolute atomic E-state index is 11.0. The van der Waals surface area contributed by atoms with Crippen LogP contribution in [0.1, 0.15) is 6.42 Å². The first kappa shape index (κ1) is 7.40. The number of primary amides is 1. The van der Waals surface area contributed by atoms with Gasteiger partial charge < -0.3 is 11.1 Å². The molecule has 0 aromatic rings. The largest absolute Gasteiger partial charge is 0.388 e. The fraction of sp³-hybridized carbons (Fsp3) is 0.444. The molecule has 0 aromatic carbocycles. The lowest BCUT2D eigenvalue weighted by atomic mass is 9.85. The highest BCUT2D eigenvalue weighted by atomic mass is 16.1. The van der Waals surface area contributed by atoms with E-state index in [9.17, 15) is 4.79 Å². The van der Waals surface area contributed by atoms with Crippen molar-refractivity contribution in [2.75, 3.05) is 6.54 Å². The number of hydrogen-bond acceptors (Lipinski definition) is 2. The first-order valence-corrected chi connectivity index (χ1v) is 4.20. The van der Waals surface area contributed by atoms with Crippen LogP contribution in [0.2, 0.25) is 0 Å². The average molecular weight is 164 g/mol. The second-order valence-corrected chi connectivity index (χ2v) is 3.26. The predicted octanol–water partition coefficient (Wildman–Crippen LogP) is 0.151. The lowest BCUT2D eigenvalue weighted by molar-refractivity contribution is -0.123. The fourth-order valence-electron chi connectivity index (χ4n) is 1.89.